The van der Waals surface area contributed by atoms with Crippen LogP contribution < -0.4 is 14.5 Å². The van der Waals surface area contributed by atoms with Gasteiger partial charge in [-0.25, -0.2) is 8.42 Å². The summed E-state index contributed by atoms with van der Waals surface area (Å²) in [7, 11) is 0.0387. The van der Waals surface area contributed by atoms with Gasteiger partial charge in [0.25, 0.3) is 0 Å². The molecule has 0 N–H and O–H groups in total. The Bertz CT molecular complexity index is 1600. The van der Waals surface area contributed by atoms with E-state index in [2.05, 4.69) is 34.1 Å². The van der Waals surface area contributed by atoms with E-state index in [0.29, 0.717) is 32.1 Å². The largest absolute Gasteiger partial charge is 0.461 e. The van der Waals surface area contributed by atoms with Gasteiger partial charge in [0.1, 0.15) is 12.4 Å². The minimum Gasteiger partial charge on any atom is -0.461 e. The van der Waals surface area contributed by atoms with Crippen molar-refractivity contribution in [3.63, 3.8) is 0 Å². The molecule has 0 aliphatic carbocycles. The standard InChI is InChI=1S/C32H40ClN5O4S/c1-36(18-21-43(39,40)20-7-19-41-2)30-25-12-17-37(28-11-4-9-24-8-3-10-26(33)29(24)28)22-27(25)34-31(35-30)42-23-32-13-5-15-38(32)16-6-14-32/h3-4,7-11,20H,5-6,12-19,21-23H2,1-2H3/b20-7+. The molecule has 3 aliphatic heterocycles. The molecule has 0 bridgehead atoms. The number of fused-ring (bicyclic) bond motifs is 3. The van der Waals surface area contributed by atoms with Crippen LogP contribution in [0.15, 0.2) is 47.9 Å². The van der Waals surface area contributed by atoms with E-state index in [9.17, 15) is 8.42 Å². The number of rotatable bonds is 11. The highest BCUT2D eigenvalue weighted by molar-refractivity contribution is 7.94. The zero-order valence-corrected chi connectivity index (χ0v) is 26.5. The number of aromatic nitrogens is 2. The molecule has 2 fully saturated rings. The number of ether oxygens (including phenoxy) is 2. The maximum Gasteiger partial charge on any atom is 0.318 e. The highest BCUT2D eigenvalue weighted by Crippen LogP contribution is 2.40. The van der Waals surface area contributed by atoms with Crippen molar-refractivity contribution in [2.24, 2.45) is 0 Å². The molecule has 0 radical (unpaired) electrons. The number of benzene rings is 2. The maximum atomic E-state index is 12.6. The fraction of sp³-hybridized carbons (Fsp3) is 0.500. The van der Waals surface area contributed by atoms with Crippen molar-refractivity contribution in [1.29, 1.82) is 0 Å². The zero-order chi connectivity index (χ0) is 30.0. The second kappa shape index (κ2) is 12.6. The number of methoxy groups -OCH3 is 1. The van der Waals surface area contributed by atoms with Crippen LogP contribution in [0.25, 0.3) is 10.8 Å². The van der Waals surface area contributed by atoms with E-state index in [-0.39, 0.29) is 17.9 Å². The zero-order valence-electron chi connectivity index (χ0n) is 25.0. The van der Waals surface area contributed by atoms with Gasteiger partial charge in [0, 0.05) is 49.3 Å². The van der Waals surface area contributed by atoms with Crippen molar-refractivity contribution in [3.8, 4) is 6.01 Å². The number of halogens is 1. The highest BCUT2D eigenvalue weighted by Gasteiger charge is 2.45. The Morgan fingerprint density at radius 1 is 1.09 bits per heavy atom. The van der Waals surface area contributed by atoms with Crippen LogP contribution in [0.3, 0.4) is 0 Å². The fourth-order valence-corrected chi connectivity index (χ4v) is 8.21. The number of anilines is 2. The third-order valence-electron chi connectivity index (χ3n) is 9.12. The van der Waals surface area contributed by atoms with E-state index < -0.39 is 9.84 Å². The maximum absolute atomic E-state index is 12.6. The number of hydrogen-bond acceptors (Lipinski definition) is 9. The van der Waals surface area contributed by atoms with Crippen molar-refractivity contribution in [3.05, 3.63) is 64.2 Å². The molecule has 0 saturated carbocycles. The molecule has 2 saturated heterocycles. The van der Waals surface area contributed by atoms with Crippen LogP contribution in [0.1, 0.15) is 36.9 Å². The van der Waals surface area contributed by atoms with E-state index in [1.165, 1.54) is 31.4 Å². The first-order valence-corrected chi connectivity index (χ1v) is 17.2. The first-order chi connectivity index (χ1) is 20.8. The minimum atomic E-state index is -3.39. The van der Waals surface area contributed by atoms with Gasteiger partial charge in [-0.2, -0.15) is 9.97 Å². The summed E-state index contributed by atoms with van der Waals surface area (Å²) in [5, 5.41) is 4.09. The SMILES string of the molecule is COC/C=C/S(=O)(=O)CCN(C)c1nc(OCC23CCCN2CCC3)nc2c1CCN(c1cccc3cccc(Cl)c13)C2. The quantitative estimate of drug-likeness (QED) is 0.296. The molecule has 0 atom stereocenters. The Labute approximate surface area is 259 Å². The van der Waals surface area contributed by atoms with Gasteiger partial charge in [0.2, 0.25) is 0 Å². The van der Waals surface area contributed by atoms with Gasteiger partial charge >= 0.3 is 6.01 Å². The molecule has 0 unspecified atom stereocenters. The fourth-order valence-electron chi connectivity index (χ4n) is 6.89. The Morgan fingerprint density at radius 3 is 2.63 bits per heavy atom. The first-order valence-electron chi connectivity index (χ1n) is 15.1. The normalized spacial score (nSPS) is 18.3. The van der Waals surface area contributed by atoms with Gasteiger partial charge in [-0.1, -0.05) is 35.9 Å². The number of nitrogens with zero attached hydrogens (tertiary/aromatic N) is 5. The predicted octanol–water partition coefficient (Wildman–Crippen LogP) is 4.86. The Kier molecular flexibility index (Phi) is 8.82. The molecule has 230 valence electrons. The molecule has 43 heavy (non-hydrogen) atoms. The molecule has 0 spiro atoms. The summed E-state index contributed by atoms with van der Waals surface area (Å²) in [5.41, 5.74) is 3.08. The van der Waals surface area contributed by atoms with Gasteiger partial charge in [-0.05, 0) is 68.8 Å². The van der Waals surface area contributed by atoms with Crippen LogP contribution in [0.2, 0.25) is 5.02 Å². The molecule has 4 heterocycles. The predicted molar refractivity (Wildman–Crippen MR) is 172 cm³/mol. The first kappa shape index (κ1) is 30.1. The highest BCUT2D eigenvalue weighted by atomic mass is 35.5. The molecule has 6 rings (SSSR count). The summed E-state index contributed by atoms with van der Waals surface area (Å²) in [4.78, 5) is 16.7. The molecular weight excluding hydrogens is 586 g/mol. The average Bonchev–Trinajstić information content (AvgIpc) is 3.59. The van der Waals surface area contributed by atoms with Crippen LogP contribution in [-0.2, 0) is 27.5 Å². The van der Waals surface area contributed by atoms with E-state index in [1.807, 2.05) is 24.1 Å². The Balaban J connectivity index is 1.30. The van der Waals surface area contributed by atoms with Gasteiger partial charge < -0.3 is 19.3 Å². The Morgan fingerprint density at radius 2 is 1.86 bits per heavy atom. The average molecular weight is 626 g/mol. The smallest absolute Gasteiger partial charge is 0.318 e. The van der Waals surface area contributed by atoms with E-state index in [0.717, 1.165) is 71.0 Å². The molecule has 2 aromatic carbocycles. The molecule has 3 aromatic rings. The summed E-state index contributed by atoms with van der Waals surface area (Å²) in [6.07, 6.45) is 6.89. The minimum absolute atomic E-state index is 0.0304. The second-order valence-electron chi connectivity index (χ2n) is 11.9. The van der Waals surface area contributed by atoms with E-state index in [4.69, 9.17) is 31.0 Å². The van der Waals surface area contributed by atoms with Crippen molar-refractivity contribution in [2.75, 3.05) is 69.1 Å². The van der Waals surface area contributed by atoms with Gasteiger partial charge in [-0.15, -0.1) is 0 Å². The topological polar surface area (TPSA) is 88.1 Å². The lowest BCUT2D eigenvalue weighted by Crippen LogP contribution is -2.43. The van der Waals surface area contributed by atoms with Gasteiger partial charge in [-0.3, -0.25) is 4.90 Å². The molecule has 11 heteroatoms. The van der Waals surface area contributed by atoms with Crippen LogP contribution in [-0.4, -0.2) is 88.1 Å². The van der Waals surface area contributed by atoms with Gasteiger partial charge in [0.05, 0.1) is 35.2 Å². The summed E-state index contributed by atoms with van der Waals surface area (Å²) >= 11 is 6.69. The van der Waals surface area contributed by atoms with Crippen molar-refractivity contribution < 1.29 is 17.9 Å². The van der Waals surface area contributed by atoms with Crippen LogP contribution >= 0.6 is 11.6 Å². The van der Waals surface area contributed by atoms with Crippen LogP contribution in [0, 0.1) is 0 Å². The van der Waals surface area contributed by atoms with E-state index >= 15 is 0 Å². The van der Waals surface area contributed by atoms with Crippen LogP contribution in [0.4, 0.5) is 11.5 Å². The number of sulfone groups is 1. The van der Waals surface area contributed by atoms with Crippen LogP contribution in [0.5, 0.6) is 6.01 Å². The van der Waals surface area contributed by atoms with Gasteiger partial charge in [0.15, 0.2) is 9.84 Å². The number of hydrogen-bond donors (Lipinski definition) is 0. The summed E-state index contributed by atoms with van der Waals surface area (Å²) in [6.45, 7) is 4.70. The van der Waals surface area contributed by atoms with Crippen molar-refractivity contribution in [1.82, 2.24) is 14.9 Å². The third-order valence-corrected chi connectivity index (χ3v) is 10.8. The molecule has 1 aromatic heterocycles. The second-order valence-corrected chi connectivity index (χ2v) is 14.3. The van der Waals surface area contributed by atoms with E-state index in [1.54, 1.807) is 0 Å². The van der Waals surface area contributed by atoms with Crippen molar-refractivity contribution in [2.45, 2.75) is 44.2 Å². The molecule has 3 aliphatic rings. The lowest BCUT2D eigenvalue weighted by molar-refractivity contribution is 0.107. The summed E-state index contributed by atoms with van der Waals surface area (Å²) < 4.78 is 36.7. The summed E-state index contributed by atoms with van der Waals surface area (Å²) in [6, 6.07) is 12.6. The Hall–Kier alpha value is -2.92. The molecule has 0 amide bonds. The third kappa shape index (κ3) is 6.34. The lowest BCUT2D eigenvalue weighted by atomic mass is 9.95. The summed E-state index contributed by atoms with van der Waals surface area (Å²) in [5.74, 6) is 0.705. The molecule has 9 nitrogen and oxygen atoms in total. The molecular formula is C32H40ClN5O4S. The monoisotopic (exact) mass is 625 g/mol. The van der Waals surface area contributed by atoms with Crippen molar-refractivity contribution >= 4 is 43.7 Å². The lowest BCUT2D eigenvalue weighted by Gasteiger charge is -2.34.